The van der Waals surface area contributed by atoms with Crippen molar-refractivity contribution in [2.24, 2.45) is 17.6 Å². The summed E-state index contributed by atoms with van der Waals surface area (Å²) in [5.74, 6) is 0.601. The van der Waals surface area contributed by atoms with Crippen molar-refractivity contribution in [2.75, 3.05) is 13.1 Å². The van der Waals surface area contributed by atoms with Crippen molar-refractivity contribution >= 4 is 23.4 Å². The van der Waals surface area contributed by atoms with E-state index in [0.717, 1.165) is 18.4 Å². The third-order valence-electron chi connectivity index (χ3n) is 6.94. The second-order valence-electron chi connectivity index (χ2n) is 9.40. The average molecular weight is 434 g/mol. The highest BCUT2D eigenvalue weighted by Gasteiger charge is 2.44. The van der Waals surface area contributed by atoms with Crippen LogP contribution in [-0.4, -0.2) is 41.4 Å². The molecule has 0 spiro atoms. The molecule has 0 radical (unpaired) electrons. The topological polar surface area (TPSA) is 75.4 Å². The number of nitrogens with zero attached hydrogens (tertiary/aromatic N) is 1. The summed E-state index contributed by atoms with van der Waals surface area (Å²) in [6.45, 7) is 5.20. The summed E-state index contributed by atoms with van der Waals surface area (Å²) in [5.41, 5.74) is 7.09. The van der Waals surface area contributed by atoms with Gasteiger partial charge >= 0.3 is 0 Å². The van der Waals surface area contributed by atoms with Crippen LogP contribution in [0.25, 0.3) is 0 Å². The van der Waals surface area contributed by atoms with Gasteiger partial charge in [-0.15, -0.1) is 0 Å². The number of carbonyl (C=O) groups is 2. The fraction of sp³-hybridized carbons (Fsp3) is 0.667. The van der Waals surface area contributed by atoms with E-state index in [4.69, 9.17) is 17.3 Å². The molecule has 1 saturated heterocycles. The van der Waals surface area contributed by atoms with E-state index in [2.05, 4.69) is 5.32 Å². The predicted molar refractivity (Wildman–Crippen MR) is 121 cm³/mol. The van der Waals surface area contributed by atoms with Crippen LogP contribution >= 0.6 is 11.6 Å². The van der Waals surface area contributed by atoms with Crippen molar-refractivity contribution in [1.29, 1.82) is 0 Å². The number of rotatable bonds is 6. The summed E-state index contributed by atoms with van der Waals surface area (Å²) in [4.78, 5) is 27.5. The van der Waals surface area contributed by atoms with E-state index in [-0.39, 0.29) is 23.3 Å². The molecular weight excluding hydrogens is 398 g/mol. The molecule has 1 aromatic carbocycles. The number of hydrogen-bond acceptors (Lipinski definition) is 3. The molecule has 3 N–H and O–H groups in total. The molecule has 2 amide bonds. The maximum absolute atomic E-state index is 13.0. The Labute approximate surface area is 185 Å². The third kappa shape index (κ3) is 5.55. The maximum atomic E-state index is 13.0. The molecule has 0 aromatic heterocycles. The molecule has 0 bridgehead atoms. The zero-order valence-electron chi connectivity index (χ0n) is 18.3. The number of halogens is 1. The Kier molecular flexibility index (Phi) is 7.81. The minimum absolute atomic E-state index is 0.00243. The Morgan fingerprint density at radius 2 is 1.73 bits per heavy atom. The van der Waals surface area contributed by atoms with Crippen LogP contribution in [0.4, 0.5) is 0 Å². The Morgan fingerprint density at radius 3 is 2.30 bits per heavy atom. The summed E-state index contributed by atoms with van der Waals surface area (Å²) >= 11 is 5.94. The number of nitrogens with two attached hydrogens (primary N) is 1. The van der Waals surface area contributed by atoms with E-state index < -0.39 is 6.04 Å². The number of nitrogens with one attached hydrogen (secondary N) is 1. The lowest BCUT2D eigenvalue weighted by Gasteiger charge is -2.49. The molecule has 3 rings (SSSR count). The monoisotopic (exact) mass is 433 g/mol. The lowest BCUT2D eigenvalue weighted by Crippen LogP contribution is -2.62. The Balaban J connectivity index is 1.63. The van der Waals surface area contributed by atoms with Gasteiger partial charge in [-0.2, -0.15) is 0 Å². The molecule has 2 aliphatic rings. The lowest BCUT2D eigenvalue weighted by atomic mass is 9.69. The van der Waals surface area contributed by atoms with Gasteiger partial charge in [0.2, 0.25) is 11.8 Å². The van der Waals surface area contributed by atoms with Gasteiger partial charge in [0.05, 0.1) is 6.04 Å². The average Bonchev–Trinajstić information content (AvgIpc) is 2.76. The summed E-state index contributed by atoms with van der Waals surface area (Å²) in [7, 11) is 0. The Bertz CT molecular complexity index is 720. The van der Waals surface area contributed by atoms with Crippen LogP contribution in [0.2, 0.25) is 5.02 Å². The molecule has 30 heavy (non-hydrogen) atoms. The van der Waals surface area contributed by atoms with Crippen molar-refractivity contribution in [3.05, 3.63) is 34.9 Å². The first-order valence-electron chi connectivity index (χ1n) is 11.4. The first kappa shape index (κ1) is 23.1. The van der Waals surface area contributed by atoms with Gasteiger partial charge in [0.25, 0.3) is 0 Å². The number of piperidine rings is 1. The Hall–Kier alpha value is -1.59. The standard InChI is InChI=1S/C24H36ClN3O2/c1-17(2)22(29)27-24(19-6-4-3-5-7-19)12-14-28(15-13-24)23(30)21(26)16-18-8-10-20(25)11-9-18/h8-11,17,19,21H,3-7,12-16,26H2,1-2H3,(H,27,29)/t21-/m1/s1. The highest BCUT2D eigenvalue weighted by Crippen LogP contribution is 2.39. The van der Waals surface area contributed by atoms with Crippen molar-refractivity contribution in [1.82, 2.24) is 10.2 Å². The van der Waals surface area contributed by atoms with Gasteiger partial charge in [0, 0.05) is 29.6 Å². The van der Waals surface area contributed by atoms with Crippen LogP contribution < -0.4 is 11.1 Å². The molecule has 1 atom stereocenters. The molecule has 1 aliphatic carbocycles. The van der Waals surface area contributed by atoms with Crippen LogP contribution in [0.15, 0.2) is 24.3 Å². The number of hydrogen-bond donors (Lipinski definition) is 2. The van der Waals surface area contributed by atoms with E-state index in [9.17, 15) is 9.59 Å². The second kappa shape index (κ2) is 10.1. The van der Waals surface area contributed by atoms with Gasteiger partial charge in [0.1, 0.15) is 0 Å². The molecule has 2 fully saturated rings. The fourth-order valence-corrected chi connectivity index (χ4v) is 5.13. The first-order valence-corrected chi connectivity index (χ1v) is 11.8. The number of carbonyl (C=O) groups excluding carboxylic acids is 2. The smallest absolute Gasteiger partial charge is 0.239 e. The van der Waals surface area contributed by atoms with Gasteiger partial charge in [0.15, 0.2) is 0 Å². The summed E-state index contributed by atoms with van der Waals surface area (Å²) < 4.78 is 0. The SMILES string of the molecule is CC(C)C(=O)NC1(C2CCCCC2)CCN(C(=O)[C@H](N)Cc2ccc(Cl)cc2)CC1. The number of likely N-dealkylation sites (tertiary alicyclic amines) is 1. The van der Waals surface area contributed by atoms with Crippen LogP contribution in [0, 0.1) is 11.8 Å². The molecule has 6 heteroatoms. The molecule has 1 aromatic rings. The van der Waals surface area contributed by atoms with Crippen LogP contribution in [0.5, 0.6) is 0 Å². The minimum atomic E-state index is -0.557. The molecule has 5 nitrogen and oxygen atoms in total. The van der Waals surface area contributed by atoms with Gasteiger partial charge in [-0.25, -0.2) is 0 Å². The Morgan fingerprint density at radius 1 is 1.13 bits per heavy atom. The van der Waals surface area contributed by atoms with Crippen LogP contribution in [0.1, 0.15) is 64.4 Å². The normalized spacial score (nSPS) is 20.8. The maximum Gasteiger partial charge on any atom is 0.239 e. The number of benzene rings is 1. The van der Waals surface area contributed by atoms with E-state index in [1.807, 2.05) is 43.0 Å². The molecule has 1 saturated carbocycles. The largest absolute Gasteiger partial charge is 0.350 e. The second-order valence-corrected chi connectivity index (χ2v) is 9.83. The molecule has 0 unspecified atom stereocenters. The first-order chi connectivity index (χ1) is 14.3. The third-order valence-corrected chi connectivity index (χ3v) is 7.19. The van der Waals surface area contributed by atoms with E-state index >= 15 is 0 Å². The predicted octanol–water partition coefficient (Wildman–Crippen LogP) is 3.92. The van der Waals surface area contributed by atoms with Crippen LogP contribution in [-0.2, 0) is 16.0 Å². The van der Waals surface area contributed by atoms with Crippen molar-refractivity contribution in [3.63, 3.8) is 0 Å². The fourth-order valence-electron chi connectivity index (χ4n) is 5.00. The quantitative estimate of drug-likeness (QED) is 0.713. The minimum Gasteiger partial charge on any atom is -0.350 e. The number of amides is 2. The highest BCUT2D eigenvalue weighted by atomic mass is 35.5. The highest BCUT2D eigenvalue weighted by molar-refractivity contribution is 6.30. The molecule has 1 heterocycles. The van der Waals surface area contributed by atoms with Gasteiger partial charge in [-0.3, -0.25) is 9.59 Å². The van der Waals surface area contributed by atoms with Gasteiger partial charge in [-0.1, -0.05) is 56.8 Å². The summed E-state index contributed by atoms with van der Waals surface area (Å²) in [6.07, 6.45) is 8.23. The van der Waals surface area contributed by atoms with Crippen molar-refractivity contribution in [3.8, 4) is 0 Å². The van der Waals surface area contributed by atoms with Gasteiger partial charge in [-0.05, 0) is 55.7 Å². The molecular formula is C24H36ClN3O2. The zero-order chi connectivity index (χ0) is 21.7. The summed E-state index contributed by atoms with van der Waals surface area (Å²) in [5, 5.41) is 4.09. The van der Waals surface area contributed by atoms with Gasteiger partial charge < -0.3 is 16.0 Å². The van der Waals surface area contributed by atoms with Crippen molar-refractivity contribution < 1.29 is 9.59 Å². The van der Waals surface area contributed by atoms with Crippen LogP contribution in [0.3, 0.4) is 0 Å². The van der Waals surface area contributed by atoms with E-state index in [1.165, 1.54) is 32.1 Å². The van der Waals surface area contributed by atoms with Crippen molar-refractivity contribution in [2.45, 2.75) is 76.8 Å². The molecule has 1 aliphatic heterocycles. The van der Waals surface area contributed by atoms with E-state index in [1.54, 1.807) is 0 Å². The zero-order valence-corrected chi connectivity index (χ0v) is 19.1. The lowest BCUT2D eigenvalue weighted by molar-refractivity contribution is -0.135. The van der Waals surface area contributed by atoms with E-state index in [0.29, 0.717) is 30.5 Å². The summed E-state index contributed by atoms with van der Waals surface area (Å²) in [6, 6.07) is 6.93. The molecule has 166 valence electrons.